The van der Waals surface area contributed by atoms with E-state index >= 15 is 0 Å². The lowest BCUT2D eigenvalue weighted by atomic mass is 9.90. The van der Waals surface area contributed by atoms with Gasteiger partial charge in [0.2, 0.25) is 0 Å². The van der Waals surface area contributed by atoms with Gasteiger partial charge in [0.25, 0.3) is 5.91 Å². The van der Waals surface area contributed by atoms with E-state index in [9.17, 15) is 24.9 Å². The first-order valence-corrected chi connectivity index (χ1v) is 9.12. The maximum Gasteiger partial charge on any atom is 0.259 e. The van der Waals surface area contributed by atoms with Crippen LogP contribution in [0.5, 0.6) is 5.75 Å². The average molecular weight is 373 g/mol. The van der Waals surface area contributed by atoms with Crippen LogP contribution in [0.25, 0.3) is 0 Å². The average Bonchev–Trinajstić information content (AvgIpc) is 2.93. The number of benzene rings is 1. The van der Waals surface area contributed by atoms with Crippen molar-refractivity contribution in [1.82, 2.24) is 5.32 Å². The van der Waals surface area contributed by atoms with E-state index < -0.39 is 23.8 Å². The molecule has 1 aliphatic rings. The minimum absolute atomic E-state index is 0.0341. The van der Waals surface area contributed by atoms with Crippen LogP contribution in [0.4, 0.5) is 0 Å². The normalized spacial score (nSPS) is 22.6. The molecule has 1 aromatic carbocycles. The molecule has 1 heterocycles. The SMILES string of the molecule is CC=CC[C@@H](C)C[C@H](C)C(O)=C1C(=O)N[C@@H]([C@H](O)c2ccc(O)cc2)C1=O. The van der Waals surface area contributed by atoms with Gasteiger partial charge in [0, 0.05) is 5.92 Å². The number of Topliss-reactive ketones (excluding diaryl/α,β-unsaturated/α-hetero) is 1. The van der Waals surface area contributed by atoms with Crippen molar-refractivity contribution in [2.45, 2.75) is 45.8 Å². The summed E-state index contributed by atoms with van der Waals surface area (Å²) in [5.74, 6) is -1.55. The summed E-state index contributed by atoms with van der Waals surface area (Å²) < 4.78 is 0. The van der Waals surface area contributed by atoms with Crippen LogP contribution < -0.4 is 5.32 Å². The van der Waals surface area contributed by atoms with Crippen LogP contribution in [0.1, 0.15) is 45.3 Å². The van der Waals surface area contributed by atoms with E-state index in [4.69, 9.17) is 0 Å². The summed E-state index contributed by atoms with van der Waals surface area (Å²) in [7, 11) is 0. The Bertz CT molecular complexity index is 750. The first-order valence-electron chi connectivity index (χ1n) is 9.12. The Morgan fingerprint density at radius 3 is 2.44 bits per heavy atom. The van der Waals surface area contributed by atoms with Gasteiger partial charge in [0.05, 0.1) is 0 Å². The molecule has 2 rings (SSSR count). The molecule has 0 radical (unpaired) electrons. The van der Waals surface area contributed by atoms with Gasteiger partial charge in [-0.3, -0.25) is 9.59 Å². The lowest BCUT2D eigenvalue weighted by Gasteiger charge is -2.17. The number of amides is 1. The summed E-state index contributed by atoms with van der Waals surface area (Å²) in [5.41, 5.74) is 0.115. The minimum Gasteiger partial charge on any atom is -0.511 e. The van der Waals surface area contributed by atoms with E-state index in [1.54, 1.807) is 6.92 Å². The molecule has 1 aliphatic heterocycles. The van der Waals surface area contributed by atoms with Crippen LogP contribution in [-0.4, -0.2) is 33.1 Å². The van der Waals surface area contributed by atoms with Crippen molar-refractivity contribution in [3.05, 3.63) is 53.3 Å². The third-order valence-electron chi connectivity index (χ3n) is 4.85. The minimum atomic E-state index is -1.27. The van der Waals surface area contributed by atoms with E-state index in [-0.39, 0.29) is 28.9 Å². The fraction of sp³-hybridized carbons (Fsp3) is 0.429. The van der Waals surface area contributed by atoms with Gasteiger partial charge in [0.1, 0.15) is 29.2 Å². The van der Waals surface area contributed by atoms with Gasteiger partial charge in [-0.1, -0.05) is 38.1 Å². The zero-order valence-electron chi connectivity index (χ0n) is 15.8. The number of carbonyl (C=O) groups excluding carboxylic acids is 2. The molecule has 6 nitrogen and oxygen atoms in total. The zero-order chi connectivity index (χ0) is 20.1. The lowest BCUT2D eigenvalue weighted by Crippen LogP contribution is -2.35. The van der Waals surface area contributed by atoms with E-state index in [0.717, 1.165) is 6.42 Å². The van der Waals surface area contributed by atoms with Crippen molar-refractivity contribution in [2.75, 3.05) is 0 Å². The molecular formula is C21H27NO5. The monoisotopic (exact) mass is 373 g/mol. The Morgan fingerprint density at radius 1 is 1.22 bits per heavy atom. The molecule has 0 unspecified atom stereocenters. The third-order valence-corrected chi connectivity index (χ3v) is 4.85. The largest absolute Gasteiger partial charge is 0.511 e. The number of aliphatic hydroxyl groups excluding tert-OH is 2. The molecule has 0 bridgehead atoms. The lowest BCUT2D eigenvalue weighted by molar-refractivity contribution is -0.118. The van der Waals surface area contributed by atoms with Crippen LogP contribution in [0.2, 0.25) is 0 Å². The molecule has 27 heavy (non-hydrogen) atoms. The molecule has 0 aromatic heterocycles. The Labute approximate surface area is 159 Å². The molecule has 1 amide bonds. The van der Waals surface area contributed by atoms with Crippen LogP contribution >= 0.6 is 0 Å². The number of phenolic OH excluding ortho intramolecular Hbond substituents is 1. The second kappa shape index (κ2) is 8.86. The molecular weight excluding hydrogens is 346 g/mol. The van der Waals surface area contributed by atoms with Crippen molar-refractivity contribution in [1.29, 1.82) is 0 Å². The summed E-state index contributed by atoms with van der Waals surface area (Å²) in [4.78, 5) is 25.0. The smallest absolute Gasteiger partial charge is 0.259 e. The summed E-state index contributed by atoms with van der Waals surface area (Å²) >= 11 is 0. The van der Waals surface area contributed by atoms with E-state index in [2.05, 4.69) is 5.32 Å². The van der Waals surface area contributed by atoms with Crippen molar-refractivity contribution >= 4 is 11.7 Å². The van der Waals surface area contributed by atoms with Gasteiger partial charge in [0.15, 0.2) is 5.78 Å². The molecule has 4 N–H and O–H groups in total. The quantitative estimate of drug-likeness (QED) is 0.254. The second-order valence-electron chi connectivity index (χ2n) is 7.16. The first-order chi connectivity index (χ1) is 12.8. The highest BCUT2D eigenvalue weighted by Crippen LogP contribution is 2.29. The maximum atomic E-state index is 12.7. The Morgan fingerprint density at radius 2 is 1.85 bits per heavy atom. The highest BCUT2D eigenvalue weighted by molar-refractivity contribution is 6.27. The predicted octanol–water partition coefficient (Wildman–Crippen LogP) is 2.93. The molecule has 0 aliphatic carbocycles. The molecule has 4 atom stereocenters. The number of allylic oxidation sites excluding steroid dienone is 3. The second-order valence-corrected chi connectivity index (χ2v) is 7.16. The summed E-state index contributed by atoms with van der Waals surface area (Å²) in [6, 6.07) is 4.58. The molecule has 6 heteroatoms. The van der Waals surface area contributed by atoms with E-state index in [0.29, 0.717) is 12.0 Å². The van der Waals surface area contributed by atoms with Crippen molar-refractivity contribution < 1.29 is 24.9 Å². The summed E-state index contributed by atoms with van der Waals surface area (Å²) in [5, 5.41) is 32.8. The maximum absolute atomic E-state index is 12.7. The fourth-order valence-electron chi connectivity index (χ4n) is 3.30. The Kier molecular flexibility index (Phi) is 6.80. The molecule has 1 saturated heterocycles. The summed E-state index contributed by atoms with van der Waals surface area (Å²) in [6.07, 6.45) is 4.22. The topological polar surface area (TPSA) is 107 Å². The highest BCUT2D eigenvalue weighted by atomic mass is 16.3. The van der Waals surface area contributed by atoms with Crippen molar-refractivity contribution in [3.63, 3.8) is 0 Å². The van der Waals surface area contributed by atoms with Gasteiger partial charge in [-0.25, -0.2) is 0 Å². The van der Waals surface area contributed by atoms with Gasteiger partial charge in [-0.2, -0.15) is 0 Å². The predicted molar refractivity (Wildman–Crippen MR) is 102 cm³/mol. The zero-order valence-corrected chi connectivity index (χ0v) is 15.8. The van der Waals surface area contributed by atoms with Crippen molar-refractivity contribution in [3.8, 4) is 5.75 Å². The van der Waals surface area contributed by atoms with Crippen LogP contribution in [0.15, 0.2) is 47.7 Å². The van der Waals surface area contributed by atoms with E-state index in [1.165, 1.54) is 24.3 Å². The number of aromatic hydroxyl groups is 1. The first kappa shape index (κ1) is 20.7. The molecule has 146 valence electrons. The number of hydrogen-bond acceptors (Lipinski definition) is 5. The van der Waals surface area contributed by atoms with Crippen LogP contribution in [0, 0.1) is 11.8 Å². The summed E-state index contributed by atoms with van der Waals surface area (Å²) in [6.45, 7) is 5.76. The van der Waals surface area contributed by atoms with Crippen LogP contribution in [0.3, 0.4) is 0 Å². The van der Waals surface area contributed by atoms with Gasteiger partial charge < -0.3 is 20.6 Å². The third kappa shape index (κ3) is 4.77. The number of aliphatic hydroxyl groups is 2. The standard InChI is InChI=1S/C21H27NO5/c1-4-5-6-12(2)11-13(3)18(24)16-20(26)17(22-21(16)27)19(25)14-7-9-15(23)10-8-14/h4-5,7-10,12-13,17,19,23-25H,6,11H2,1-3H3,(H,22,27)/t12-,13+,17+,19-/m1/s1. The van der Waals surface area contributed by atoms with Gasteiger partial charge in [-0.15, -0.1) is 0 Å². The van der Waals surface area contributed by atoms with Crippen LogP contribution in [-0.2, 0) is 9.59 Å². The number of carbonyl (C=O) groups is 2. The van der Waals surface area contributed by atoms with Crippen molar-refractivity contribution in [2.24, 2.45) is 11.8 Å². The molecule has 0 spiro atoms. The van der Waals surface area contributed by atoms with Gasteiger partial charge in [-0.05, 0) is 43.4 Å². The molecule has 1 fully saturated rings. The fourth-order valence-corrected chi connectivity index (χ4v) is 3.30. The molecule has 0 saturated carbocycles. The number of ketones is 1. The number of rotatable bonds is 7. The molecule has 1 aromatic rings. The Balaban J connectivity index is 2.18. The number of nitrogens with one attached hydrogen (secondary N) is 1. The highest BCUT2D eigenvalue weighted by Gasteiger charge is 2.43. The Hall–Kier alpha value is -2.60. The van der Waals surface area contributed by atoms with Gasteiger partial charge >= 0.3 is 0 Å². The number of phenols is 1. The number of hydrogen-bond donors (Lipinski definition) is 4. The van der Waals surface area contributed by atoms with E-state index in [1.807, 2.05) is 26.0 Å².